The highest BCUT2D eigenvalue weighted by molar-refractivity contribution is 5.77. The van der Waals surface area contributed by atoms with Crippen molar-refractivity contribution in [2.45, 2.75) is 13.0 Å². The summed E-state index contributed by atoms with van der Waals surface area (Å²) in [6, 6.07) is 15.4. The van der Waals surface area contributed by atoms with Crippen LogP contribution in [0.4, 0.5) is 5.69 Å². The normalized spacial score (nSPS) is 10.3. The van der Waals surface area contributed by atoms with Crippen LogP contribution in [-0.4, -0.2) is 35.4 Å². The van der Waals surface area contributed by atoms with E-state index in [1.807, 2.05) is 30.3 Å². The summed E-state index contributed by atoms with van der Waals surface area (Å²) in [5.41, 5.74) is 6.49. The molecule has 0 fully saturated rings. The van der Waals surface area contributed by atoms with Gasteiger partial charge in [-0.25, -0.2) is 0 Å². The Morgan fingerprint density at radius 2 is 1.92 bits per heavy atom. The van der Waals surface area contributed by atoms with Crippen LogP contribution < -0.4 is 10.5 Å². The molecule has 0 spiro atoms. The van der Waals surface area contributed by atoms with Gasteiger partial charge in [-0.15, -0.1) is 0 Å². The van der Waals surface area contributed by atoms with Gasteiger partial charge in [0, 0.05) is 19.2 Å². The van der Waals surface area contributed by atoms with Gasteiger partial charge in [0.2, 0.25) is 0 Å². The van der Waals surface area contributed by atoms with E-state index in [2.05, 4.69) is 0 Å². The molecule has 0 unspecified atom stereocenters. The molecule has 0 saturated heterocycles. The summed E-state index contributed by atoms with van der Waals surface area (Å²) in [6.07, 6.45) is 0.690. The zero-order valence-corrected chi connectivity index (χ0v) is 13.8. The third-order valence-corrected chi connectivity index (χ3v) is 3.59. The molecule has 2 rings (SSSR count). The quantitative estimate of drug-likeness (QED) is 0.556. The summed E-state index contributed by atoms with van der Waals surface area (Å²) in [5, 5.41) is 10.8. The van der Waals surface area contributed by atoms with Crippen LogP contribution >= 0.6 is 0 Å². The lowest BCUT2D eigenvalue weighted by Gasteiger charge is -2.22. The van der Waals surface area contributed by atoms with Gasteiger partial charge in [-0.3, -0.25) is 14.9 Å². The lowest BCUT2D eigenvalue weighted by Crippen LogP contribution is -2.36. The molecule has 0 bridgehead atoms. The SMILES string of the molecule is NCCCN(Cc1ccccc1)C(=O)COc1cccc([N+](=O)[O-])c1. The van der Waals surface area contributed by atoms with Crippen molar-refractivity contribution in [3.63, 3.8) is 0 Å². The Balaban J connectivity index is 1.98. The van der Waals surface area contributed by atoms with Crippen LogP contribution in [0.3, 0.4) is 0 Å². The van der Waals surface area contributed by atoms with E-state index in [1.165, 1.54) is 18.2 Å². The molecule has 7 nitrogen and oxygen atoms in total. The monoisotopic (exact) mass is 343 g/mol. The Hall–Kier alpha value is -2.93. The number of carbonyl (C=O) groups is 1. The number of ether oxygens (including phenoxy) is 1. The van der Waals surface area contributed by atoms with Crippen LogP contribution in [0, 0.1) is 10.1 Å². The Kier molecular flexibility index (Phi) is 6.91. The molecular formula is C18H21N3O4. The van der Waals surface area contributed by atoms with Gasteiger partial charge in [-0.2, -0.15) is 0 Å². The smallest absolute Gasteiger partial charge is 0.273 e. The number of benzene rings is 2. The standard InChI is InChI=1S/C18H21N3O4/c19-10-5-11-20(13-15-6-2-1-3-7-15)18(22)14-25-17-9-4-8-16(12-17)21(23)24/h1-4,6-9,12H,5,10-11,13-14,19H2. The van der Waals surface area contributed by atoms with Crippen LogP contribution in [0.2, 0.25) is 0 Å². The fourth-order valence-corrected chi connectivity index (χ4v) is 2.30. The Morgan fingerprint density at radius 1 is 1.16 bits per heavy atom. The Bertz CT molecular complexity index is 706. The minimum Gasteiger partial charge on any atom is -0.484 e. The summed E-state index contributed by atoms with van der Waals surface area (Å²) in [4.78, 5) is 24.4. The fourth-order valence-electron chi connectivity index (χ4n) is 2.30. The van der Waals surface area contributed by atoms with Crippen molar-refractivity contribution in [1.29, 1.82) is 0 Å². The van der Waals surface area contributed by atoms with Gasteiger partial charge in [-0.05, 0) is 24.6 Å². The molecular weight excluding hydrogens is 322 g/mol. The molecule has 0 heterocycles. The van der Waals surface area contributed by atoms with Crippen molar-refractivity contribution in [1.82, 2.24) is 4.90 Å². The molecule has 0 aliphatic carbocycles. The van der Waals surface area contributed by atoms with E-state index in [-0.39, 0.29) is 18.2 Å². The summed E-state index contributed by atoms with van der Waals surface area (Å²) in [5.74, 6) is 0.102. The number of hydrogen-bond donors (Lipinski definition) is 1. The largest absolute Gasteiger partial charge is 0.484 e. The number of nitro groups is 1. The number of non-ortho nitro benzene ring substituents is 1. The predicted octanol–water partition coefficient (Wildman–Crippen LogP) is 2.35. The highest BCUT2D eigenvalue weighted by atomic mass is 16.6. The predicted molar refractivity (Wildman–Crippen MR) is 94.1 cm³/mol. The number of amides is 1. The first kappa shape index (κ1) is 18.4. The fraction of sp³-hybridized carbons (Fsp3) is 0.278. The van der Waals surface area contributed by atoms with Crippen LogP contribution in [0.25, 0.3) is 0 Å². The molecule has 132 valence electrons. The number of nitro benzene ring substituents is 1. The first-order valence-electron chi connectivity index (χ1n) is 7.99. The van der Waals surface area contributed by atoms with Crippen molar-refractivity contribution in [3.05, 3.63) is 70.3 Å². The van der Waals surface area contributed by atoms with Crippen LogP contribution in [0.1, 0.15) is 12.0 Å². The van der Waals surface area contributed by atoms with Crippen molar-refractivity contribution in [2.24, 2.45) is 5.73 Å². The van der Waals surface area contributed by atoms with E-state index < -0.39 is 4.92 Å². The van der Waals surface area contributed by atoms with Gasteiger partial charge in [0.25, 0.3) is 11.6 Å². The molecule has 0 aliphatic rings. The third kappa shape index (κ3) is 5.89. The maximum Gasteiger partial charge on any atom is 0.273 e. The summed E-state index contributed by atoms with van der Waals surface area (Å²) in [6.45, 7) is 1.31. The molecule has 0 aromatic heterocycles. The van der Waals surface area contributed by atoms with Crippen molar-refractivity contribution in [3.8, 4) is 5.75 Å². The van der Waals surface area contributed by atoms with E-state index in [4.69, 9.17) is 10.5 Å². The highest BCUT2D eigenvalue weighted by Gasteiger charge is 2.15. The number of rotatable bonds is 9. The molecule has 0 atom stereocenters. The van der Waals surface area contributed by atoms with E-state index in [9.17, 15) is 14.9 Å². The maximum atomic E-state index is 12.5. The van der Waals surface area contributed by atoms with Gasteiger partial charge < -0.3 is 15.4 Å². The molecule has 2 aromatic rings. The molecule has 0 saturated carbocycles. The van der Waals surface area contributed by atoms with Crippen LogP contribution in [0.15, 0.2) is 54.6 Å². The average molecular weight is 343 g/mol. The number of nitrogens with two attached hydrogens (primary N) is 1. The van der Waals surface area contributed by atoms with Crippen LogP contribution in [0.5, 0.6) is 5.75 Å². The minimum atomic E-state index is -0.502. The average Bonchev–Trinajstić information content (AvgIpc) is 2.64. The Morgan fingerprint density at radius 3 is 2.60 bits per heavy atom. The van der Waals surface area contributed by atoms with E-state index in [1.54, 1.807) is 11.0 Å². The van der Waals surface area contributed by atoms with Gasteiger partial charge >= 0.3 is 0 Å². The van der Waals surface area contributed by atoms with Crippen molar-refractivity contribution < 1.29 is 14.5 Å². The lowest BCUT2D eigenvalue weighted by atomic mass is 10.2. The van der Waals surface area contributed by atoms with E-state index >= 15 is 0 Å². The van der Waals surface area contributed by atoms with Crippen LogP contribution in [-0.2, 0) is 11.3 Å². The lowest BCUT2D eigenvalue weighted by molar-refractivity contribution is -0.384. The topological polar surface area (TPSA) is 98.7 Å². The highest BCUT2D eigenvalue weighted by Crippen LogP contribution is 2.19. The maximum absolute atomic E-state index is 12.5. The molecule has 0 radical (unpaired) electrons. The number of nitrogens with zero attached hydrogens (tertiary/aromatic N) is 2. The second kappa shape index (κ2) is 9.39. The van der Waals surface area contributed by atoms with Gasteiger partial charge in [0.05, 0.1) is 11.0 Å². The van der Waals surface area contributed by atoms with E-state index in [0.717, 1.165) is 5.56 Å². The Labute approximate surface area is 146 Å². The summed E-state index contributed by atoms with van der Waals surface area (Å²) in [7, 11) is 0. The van der Waals surface area contributed by atoms with Gasteiger partial charge in [0.1, 0.15) is 5.75 Å². The van der Waals surface area contributed by atoms with Crippen molar-refractivity contribution >= 4 is 11.6 Å². The molecule has 0 aliphatic heterocycles. The minimum absolute atomic E-state index is 0.0748. The first-order valence-corrected chi connectivity index (χ1v) is 7.99. The molecule has 2 N–H and O–H groups in total. The first-order chi connectivity index (χ1) is 12.1. The molecule has 1 amide bonds. The summed E-state index contributed by atoms with van der Waals surface area (Å²) >= 11 is 0. The second-order valence-electron chi connectivity index (χ2n) is 5.49. The molecule has 7 heteroatoms. The third-order valence-electron chi connectivity index (χ3n) is 3.59. The number of carbonyl (C=O) groups excluding carboxylic acids is 1. The molecule has 2 aromatic carbocycles. The van der Waals surface area contributed by atoms with Crippen molar-refractivity contribution in [2.75, 3.05) is 19.7 Å². The molecule has 25 heavy (non-hydrogen) atoms. The number of hydrogen-bond acceptors (Lipinski definition) is 5. The van der Waals surface area contributed by atoms with Gasteiger partial charge in [-0.1, -0.05) is 36.4 Å². The zero-order chi connectivity index (χ0) is 18.1. The summed E-state index contributed by atoms with van der Waals surface area (Å²) < 4.78 is 5.43. The zero-order valence-electron chi connectivity index (χ0n) is 13.8. The second-order valence-corrected chi connectivity index (χ2v) is 5.49. The van der Waals surface area contributed by atoms with Gasteiger partial charge in [0.15, 0.2) is 6.61 Å². The van der Waals surface area contributed by atoms with E-state index in [0.29, 0.717) is 31.8 Å².